The van der Waals surface area contributed by atoms with Crippen molar-refractivity contribution in [1.29, 1.82) is 0 Å². The second kappa shape index (κ2) is 4.09. The normalized spacial score (nSPS) is 19.6. The summed E-state index contributed by atoms with van der Waals surface area (Å²) in [5, 5.41) is 0.941. The summed E-state index contributed by atoms with van der Waals surface area (Å²) in [4.78, 5) is 23.5. The van der Waals surface area contributed by atoms with Crippen molar-refractivity contribution in [3.63, 3.8) is 0 Å². The molecule has 7 heteroatoms. The minimum atomic E-state index is -2.79. The lowest BCUT2D eigenvalue weighted by Crippen LogP contribution is -2.28. The van der Waals surface area contributed by atoms with E-state index in [4.69, 9.17) is 4.84 Å². The largest absolute Gasteiger partial charge is 0.377 e. The van der Waals surface area contributed by atoms with Crippen LogP contribution in [0.5, 0.6) is 0 Å². The van der Waals surface area contributed by atoms with Crippen molar-refractivity contribution in [3.8, 4) is 0 Å². The Morgan fingerprint density at radius 3 is 2.88 bits per heavy atom. The molecule has 5 nitrogen and oxygen atoms in total. The highest BCUT2D eigenvalue weighted by atomic mass is 19.3. The van der Waals surface area contributed by atoms with Crippen molar-refractivity contribution in [2.45, 2.75) is 12.3 Å². The SMILES string of the molecule is O=C(ON1CCC(F)(F)C1)c1cnccn1. The van der Waals surface area contributed by atoms with E-state index in [1.807, 2.05) is 0 Å². The summed E-state index contributed by atoms with van der Waals surface area (Å²) < 4.78 is 25.6. The highest BCUT2D eigenvalue weighted by molar-refractivity contribution is 5.86. The van der Waals surface area contributed by atoms with E-state index in [1.54, 1.807) is 0 Å². The molecule has 1 aromatic heterocycles. The van der Waals surface area contributed by atoms with Crippen molar-refractivity contribution in [2.75, 3.05) is 13.1 Å². The van der Waals surface area contributed by atoms with E-state index in [-0.39, 0.29) is 18.7 Å². The number of alkyl halides is 2. The molecule has 0 unspecified atom stereocenters. The molecule has 1 aliphatic heterocycles. The maximum absolute atomic E-state index is 12.8. The van der Waals surface area contributed by atoms with Gasteiger partial charge in [-0.15, -0.1) is 5.06 Å². The van der Waals surface area contributed by atoms with Gasteiger partial charge in [0, 0.05) is 25.4 Å². The average Bonchev–Trinajstić information content (AvgIpc) is 2.59. The fourth-order valence-corrected chi connectivity index (χ4v) is 1.35. The number of aromatic nitrogens is 2. The minimum absolute atomic E-state index is 0.00211. The molecule has 16 heavy (non-hydrogen) atoms. The molecule has 0 aliphatic carbocycles. The van der Waals surface area contributed by atoms with Gasteiger partial charge >= 0.3 is 5.97 Å². The Morgan fingerprint density at radius 1 is 1.50 bits per heavy atom. The van der Waals surface area contributed by atoms with Gasteiger partial charge in [0.1, 0.15) is 0 Å². The summed E-state index contributed by atoms with van der Waals surface area (Å²) in [5.41, 5.74) is -0.00211. The van der Waals surface area contributed by atoms with Gasteiger partial charge in [0.15, 0.2) is 5.69 Å². The van der Waals surface area contributed by atoms with Crippen LogP contribution in [-0.4, -0.2) is 40.0 Å². The lowest BCUT2D eigenvalue weighted by atomic mass is 10.3. The summed E-state index contributed by atoms with van der Waals surface area (Å²) in [6.07, 6.45) is 3.65. The monoisotopic (exact) mass is 229 g/mol. The zero-order chi connectivity index (χ0) is 11.6. The fourth-order valence-electron chi connectivity index (χ4n) is 1.35. The van der Waals surface area contributed by atoms with Crippen LogP contribution in [0.2, 0.25) is 0 Å². The predicted molar refractivity (Wildman–Crippen MR) is 48.6 cm³/mol. The molecule has 86 valence electrons. The fraction of sp³-hybridized carbons (Fsp3) is 0.444. The summed E-state index contributed by atoms with van der Waals surface area (Å²) >= 11 is 0. The Kier molecular flexibility index (Phi) is 2.78. The predicted octanol–water partition coefficient (Wildman–Crippen LogP) is 0.889. The number of hydrogen-bond acceptors (Lipinski definition) is 5. The summed E-state index contributed by atoms with van der Waals surface area (Å²) in [6, 6.07) is 0. The molecule has 0 amide bonds. The van der Waals surface area contributed by atoms with Crippen LogP contribution in [0, 0.1) is 0 Å². The third kappa shape index (κ3) is 2.48. The summed E-state index contributed by atoms with van der Waals surface area (Å²) in [6.45, 7) is -0.544. The molecule has 1 saturated heterocycles. The zero-order valence-corrected chi connectivity index (χ0v) is 8.27. The van der Waals surface area contributed by atoms with Crippen molar-refractivity contribution in [2.24, 2.45) is 0 Å². The van der Waals surface area contributed by atoms with Crippen LogP contribution in [0.15, 0.2) is 18.6 Å². The summed E-state index contributed by atoms with van der Waals surface area (Å²) in [7, 11) is 0. The first kappa shape index (κ1) is 10.9. The second-order valence-electron chi connectivity index (χ2n) is 3.44. The first-order valence-corrected chi connectivity index (χ1v) is 4.68. The molecule has 1 fully saturated rings. The van der Waals surface area contributed by atoms with Gasteiger partial charge in [-0.1, -0.05) is 0 Å². The molecule has 1 aromatic rings. The number of rotatable bonds is 2. The Morgan fingerprint density at radius 2 is 2.31 bits per heavy atom. The first-order valence-electron chi connectivity index (χ1n) is 4.68. The molecule has 0 N–H and O–H groups in total. The number of hydroxylamine groups is 2. The average molecular weight is 229 g/mol. The maximum Gasteiger partial charge on any atom is 0.377 e. The van der Waals surface area contributed by atoms with Crippen LogP contribution >= 0.6 is 0 Å². The number of carbonyl (C=O) groups excluding carboxylic acids is 1. The van der Waals surface area contributed by atoms with Crippen LogP contribution in [0.4, 0.5) is 8.78 Å². The number of carbonyl (C=O) groups is 1. The highest BCUT2D eigenvalue weighted by Crippen LogP contribution is 2.26. The third-order valence-corrected chi connectivity index (χ3v) is 2.12. The van der Waals surface area contributed by atoms with E-state index < -0.39 is 18.4 Å². The molecule has 2 rings (SSSR count). The number of nitrogens with zero attached hydrogens (tertiary/aromatic N) is 3. The maximum atomic E-state index is 12.8. The molecule has 0 radical (unpaired) electrons. The van der Waals surface area contributed by atoms with Crippen molar-refractivity contribution in [3.05, 3.63) is 24.3 Å². The van der Waals surface area contributed by atoms with E-state index in [2.05, 4.69) is 9.97 Å². The third-order valence-electron chi connectivity index (χ3n) is 2.12. The van der Waals surface area contributed by atoms with Crippen LogP contribution in [0.1, 0.15) is 16.9 Å². The second-order valence-corrected chi connectivity index (χ2v) is 3.44. The van der Waals surface area contributed by atoms with Crippen LogP contribution in [0.3, 0.4) is 0 Å². The smallest absolute Gasteiger partial charge is 0.362 e. The molecule has 2 heterocycles. The highest BCUT2D eigenvalue weighted by Gasteiger charge is 2.40. The van der Waals surface area contributed by atoms with Crippen molar-refractivity contribution in [1.82, 2.24) is 15.0 Å². The van der Waals surface area contributed by atoms with Gasteiger partial charge in [-0.2, -0.15) is 0 Å². The van der Waals surface area contributed by atoms with Crippen molar-refractivity contribution >= 4 is 5.97 Å². The molecule has 0 aromatic carbocycles. The minimum Gasteiger partial charge on any atom is -0.362 e. The Labute approximate surface area is 90.0 Å². The standard InChI is InChI=1S/C9H9F2N3O2/c10-9(11)1-4-14(6-9)16-8(15)7-5-12-2-3-13-7/h2-3,5H,1,4,6H2. The molecule has 0 atom stereocenters. The van der Waals surface area contributed by atoms with Crippen LogP contribution in [-0.2, 0) is 4.84 Å². The van der Waals surface area contributed by atoms with E-state index in [0.29, 0.717) is 0 Å². The lowest BCUT2D eigenvalue weighted by molar-refractivity contribution is -0.114. The molecular formula is C9H9F2N3O2. The number of halogens is 2. The molecule has 1 aliphatic rings. The van der Waals surface area contributed by atoms with Gasteiger partial charge in [0.05, 0.1) is 12.7 Å². The molecule has 0 saturated carbocycles. The van der Waals surface area contributed by atoms with Gasteiger partial charge in [0.2, 0.25) is 0 Å². The van der Waals surface area contributed by atoms with E-state index in [9.17, 15) is 13.6 Å². The van der Waals surface area contributed by atoms with E-state index in [1.165, 1.54) is 18.6 Å². The van der Waals surface area contributed by atoms with Gasteiger partial charge in [-0.05, 0) is 0 Å². The molecular weight excluding hydrogens is 220 g/mol. The lowest BCUT2D eigenvalue weighted by Gasteiger charge is -2.14. The van der Waals surface area contributed by atoms with E-state index in [0.717, 1.165) is 5.06 Å². The van der Waals surface area contributed by atoms with Crippen LogP contribution in [0.25, 0.3) is 0 Å². The molecule has 0 bridgehead atoms. The van der Waals surface area contributed by atoms with Gasteiger partial charge < -0.3 is 4.84 Å². The molecule has 0 spiro atoms. The number of hydrogen-bond donors (Lipinski definition) is 0. The van der Waals surface area contributed by atoms with Gasteiger partial charge in [-0.3, -0.25) is 4.98 Å². The zero-order valence-electron chi connectivity index (χ0n) is 8.27. The topological polar surface area (TPSA) is 55.3 Å². The first-order chi connectivity index (χ1) is 7.57. The Bertz CT molecular complexity index is 386. The summed E-state index contributed by atoms with van der Waals surface area (Å²) in [5.74, 6) is -3.56. The van der Waals surface area contributed by atoms with E-state index >= 15 is 0 Å². The van der Waals surface area contributed by atoms with Gasteiger partial charge in [-0.25, -0.2) is 18.6 Å². The van der Waals surface area contributed by atoms with Crippen LogP contribution < -0.4 is 0 Å². The Hall–Kier alpha value is -1.63. The van der Waals surface area contributed by atoms with Gasteiger partial charge in [0.25, 0.3) is 5.92 Å². The Balaban J connectivity index is 1.94. The quantitative estimate of drug-likeness (QED) is 0.753. The van der Waals surface area contributed by atoms with Crippen molar-refractivity contribution < 1.29 is 18.4 Å².